The first-order valence-electron chi connectivity index (χ1n) is 7.41. The molecule has 110 valence electrons. The van der Waals surface area contributed by atoms with E-state index in [2.05, 4.69) is 43.9 Å². The fourth-order valence-electron chi connectivity index (χ4n) is 2.56. The highest BCUT2D eigenvalue weighted by molar-refractivity contribution is 7.98. The number of aryl methyl sites for hydroxylation is 2. The monoisotopic (exact) mass is 283 g/mol. The fraction of sp³-hybridized carbons (Fsp3) is 0.800. The van der Waals surface area contributed by atoms with Gasteiger partial charge >= 0.3 is 0 Å². The van der Waals surface area contributed by atoms with E-state index in [0.29, 0.717) is 6.04 Å². The van der Waals surface area contributed by atoms with Crippen LogP contribution in [0.5, 0.6) is 0 Å². The Balaban J connectivity index is 2.81. The summed E-state index contributed by atoms with van der Waals surface area (Å²) >= 11 is 1.91. The van der Waals surface area contributed by atoms with Crippen LogP contribution in [0.3, 0.4) is 0 Å². The smallest absolute Gasteiger partial charge is 0.0644 e. The van der Waals surface area contributed by atoms with Crippen molar-refractivity contribution in [3.05, 3.63) is 17.0 Å². The Bertz CT molecular complexity index is 374. The first-order valence-corrected chi connectivity index (χ1v) is 8.81. The number of aromatic nitrogens is 2. The lowest BCUT2D eigenvalue weighted by Gasteiger charge is -2.17. The Morgan fingerprint density at radius 1 is 1.32 bits per heavy atom. The summed E-state index contributed by atoms with van der Waals surface area (Å²) < 4.78 is 2.19. The number of hydrogen-bond acceptors (Lipinski definition) is 3. The Kier molecular flexibility index (Phi) is 7.54. The van der Waals surface area contributed by atoms with Crippen molar-refractivity contribution in [1.29, 1.82) is 0 Å². The molecule has 0 aromatic carbocycles. The standard InChI is InChI=1S/C15H29N3S/c1-6-9-16-14(7-2)15-12(3)17-18(13(15)4)10-8-11-19-5/h14,16H,6-11H2,1-5H3. The molecule has 19 heavy (non-hydrogen) atoms. The van der Waals surface area contributed by atoms with Crippen LogP contribution in [0.4, 0.5) is 0 Å². The molecule has 0 amide bonds. The van der Waals surface area contributed by atoms with Gasteiger partial charge in [0.2, 0.25) is 0 Å². The molecular formula is C15H29N3S. The van der Waals surface area contributed by atoms with Gasteiger partial charge in [0.1, 0.15) is 0 Å². The minimum atomic E-state index is 0.453. The van der Waals surface area contributed by atoms with Crippen molar-refractivity contribution in [2.45, 2.75) is 59.5 Å². The summed E-state index contributed by atoms with van der Waals surface area (Å²) in [5.41, 5.74) is 3.95. The van der Waals surface area contributed by atoms with E-state index in [4.69, 9.17) is 5.10 Å². The van der Waals surface area contributed by atoms with Gasteiger partial charge in [0.05, 0.1) is 5.69 Å². The van der Waals surface area contributed by atoms with E-state index in [1.165, 1.54) is 35.5 Å². The second-order valence-corrected chi connectivity index (χ2v) is 6.05. The molecule has 1 rings (SSSR count). The van der Waals surface area contributed by atoms with Crippen molar-refractivity contribution in [1.82, 2.24) is 15.1 Å². The summed E-state index contributed by atoms with van der Waals surface area (Å²) in [5.74, 6) is 1.21. The highest BCUT2D eigenvalue weighted by atomic mass is 32.2. The molecule has 1 heterocycles. The van der Waals surface area contributed by atoms with Gasteiger partial charge in [-0.2, -0.15) is 16.9 Å². The van der Waals surface area contributed by atoms with Crippen molar-refractivity contribution in [3.8, 4) is 0 Å². The predicted octanol–water partition coefficient (Wildman–Crippen LogP) is 3.70. The van der Waals surface area contributed by atoms with E-state index in [1.54, 1.807) is 0 Å². The summed E-state index contributed by atoms with van der Waals surface area (Å²) in [7, 11) is 0. The van der Waals surface area contributed by atoms with Crippen LogP contribution in [0.25, 0.3) is 0 Å². The molecule has 1 N–H and O–H groups in total. The highest BCUT2D eigenvalue weighted by Gasteiger charge is 2.18. The highest BCUT2D eigenvalue weighted by Crippen LogP contribution is 2.24. The van der Waals surface area contributed by atoms with Gasteiger partial charge in [-0.05, 0) is 51.7 Å². The number of thioether (sulfide) groups is 1. The van der Waals surface area contributed by atoms with Crippen molar-refractivity contribution < 1.29 is 0 Å². The van der Waals surface area contributed by atoms with E-state index in [-0.39, 0.29) is 0 Å². The molecule has 0 spiro atoms. The van der Waals surface area contributed by atoms with Crippen molar-refractivity contribution in [3.63, 3.8) is 0 Å². The Labute approximate surface area is 122 Å². The van der Waals surface area contributed by atoms with Gasteiger partial charge < -0.3 is 5.32 Å². The van der Waals surface area contributed by atoms with Crippen LogP contribution in [-0.4, -0.2) is 28.3 Å². The maximum absolute atomic E-state index is 4.73. The van der Waals surface area contributed by atoms with Crippen LogP contribution >= 0.6 is 11.8 Å². The molecule has 0 radical (unpaired) electrons. The maximum Gasteiger partial charge on any atom is 0.0644 e. The molecule has 0 aliphatic carbocycles. The lowest BCUT2D eigenvalue weighted by Crippen LogP contribution is -2.22. The molecule has 0 aliphatic rings. The summed E-state index contributed by atoms with van der Waals surface area (Å²) in [6, 6.07) is 0.453. The van der Waals surface area contributed by atoms with Crippen LogP contribution < -0.4 is 5.32 Å². The Hall–Kier alpha value is -0.480. The summed E-state index contributed by atoms with van der Waals surface area (Å²) in [4.78, 5) is 0. The first-order chi connectivity index (χ1) is 9.15. The molecule has 3 nitrogen and oxygen atoms in total. The lowest BCUT2D eigenvalue weighted by atomic mass is 10.0. The molecule has 0 saturated carbocycles. The van der Waals surface area contributed by atoms with Gasteiger partial charge in [-0.1, -0.05) is 13.8 Å². The average Bonchev–Trinajstić information content (AvgIpc) is 2.67. The van der Waals surface area contributed by atoms with Crippen molar-refractivity contribution in [2.24, 2.45) is 0 Å². The van der Waals surface area contributed by atoms with Gasteiger partial charge in [-0.25, -0.2) is 0 Å². The molecule has 0 fully saturated rings. The topological polar surface area (TPSA) is 29.9 Å². The molecule has 0 aliphatic heterocycles. The zero-order chi connectivity index (χ0) is 14.3. The Morgan fingerprint density at radius 2 is 2.05 bits per heavy atom. The van der Waals surface area contributed by atoms with Gasteiger partial charge in [-0.15, -0.1) is 0 Å². The number of nitrogens with zero attached hydrogens (tertiary/aromatic N) is 2. The van der Waals surface area contributed by atoms with Gasteiger partial charge in [0.25, 0.3) is 0 Å². The summed E-state index contributed by atoms with van der Waals surface area (Å²) in [5, 5.41) is 8.37. The second-order valence-electron chi connectivity index (χ2n) is 5.07. The lowest BCUT2D eigenvalue weighted by molar-refractivity contribution is 0.511. The minimum Gasteiger partial charge on any atom is -0.310 e. The van der Waals surface area contributed by atoms with E-state index >= 15 is 0 Å². The van der Waals surface area contributed by atoms with Crippen LogP contribution in [0, 0.1) is 13.8 Å². The molecule has 0 bridgehead atoms. The average molecular weight is 283 g/mol. The van der Waals surface area contributed by atoms with Crippen LogP contribution in [0.15, 0.2) is 0 Å². The minimum absolute atomic E-state index is 0.453. The molecule has 1 aromatic rings. The predicted molar refractivity (Wildman–Crippen MR) is 86.0 cm³/mol. The fourth-order valence-corrected chi connectivity index (χ4v) is 2.98. The molecule has 1 aromatic heterocycles. The van der Waals surface area contributed by atoms with Gasteiger partial charge in [0.15, 0.2) is 0 Å². The third-order valence-electron chi connectivity index (χ3n) is 3.55. The normalized spacial score (nSPS) is 12.9. The number of hydrogen-bond donors (Lipinski definition) is 1. The summed E-state index contributed by atoms with van der Waals surface area (Å²) in [6.45, 7) is 10.9. The third-order valence-corrected chi connectivity index (χ3v) is 4.25. The van der Waals surface area contributed by atoms with E-state index in [1.807, 2.05) is 11.8 Å². The zero-order valence-electron chi connectivity index (χ0n) is 13.1. The third kappa shape index (κ3) is 4.53. The largest absolute Gasteiger partial charge is 0.310 e. The SMILES string of the molecule is CCCNC(CC)c1c(C)nn(CCCSC)c1C. The van der Waals surface area contributed by atoms with Gasteiger partial charge in [-0.3, -0.25) is 4.68 Å². The molecule has 1 unspecified atom stereocenters. The van der Waals surface area contributed by atoms with E-state index in [0.717, 1.165) is 19.5 Å². The second kappa shape index (κ2) is 8.64. The Morgan fingerprint density at radius 3 is 2.63 bits per heavy atom. The van der Waals surface area contributed by atoms with Crippen LogP contribution in [-0.2, 0) is 6.54 Å². The molecular weight excluding hydrogens is 254 g/mol. The number of nitrogens with one attached hydrogen (secondary N) is 1. The van der Waals surface area contributed by atoms with Crippen LogP contribution in [0.1, 0.15) is 56.1 Å². The quantitative estimate of drug-likeness (QED) is 0.701. The van der Waals surface area contributed by atoms with Crippen molar-refractivity contribution in [2.75, 3.05) is 18.6 Å². The number of rotatable bonds is 9. The van der Waals surface area contributed by atoms with Gasteiger partial charge in [0, 0.05) is 23.8 Å². The molecule has 0 saturated heterocycles. The van der Waals surface area contributed by atoms with E-state index in [9.17, 15) is 0 Å². The molecule has 1 atom stereocenters. The molecule has 4 heteroatoms. The van der Waals surface area contributed by atoms with Crippen LogP contribution in [0.2, 0.25) is 0 Å². The van der Waals surface area contributed by atoms with Crippen molar-refractivity contribution >= 4 is 11.8 Å². The summed E-state index contributed by atoms with van der Waals surface area (Å²) in [6.07, 6.45) is 5.66. The maximum atomic E-state index is 4.73. The van der Waals surface area contributed by atoms with E-state index < -0.39 is 0 Å². The zero-order valence-corrected chi connectivity index (χ0v) is 13.9. The first kappa shape index (κ1) is 16.6.